The fourth-order valence-corrected chi connectivity index (χ4v) is 3.94. The number of hydrogen-bond donors (Lipinski definition) is 1. The Bertz CT molecular complexity index is 672. The molecule has 1 aromatic heterocycles. The average molecular weight is 387 g/mol. The lowest BCUT2D eigenvalue weighted by Gasteiger charge is -2.39. The van der Waals surface area contributed by atoms with Gasteiger partial charge in [-0.1, -0.05) is 23.8 Å². The summed E-state index contributed by atoms with van der Waals surface area (Å²) in [5, 5.41) is 4.20. The second kappa shape index (κ2) is 8.01. The normalized spacial score (nSPS) is 27.7. The number of allylic oxidation sites excluding steroid dienone is 4. The van der Waals surface area contributed by atoms with E-state index in [2.05, 4.69) is 16.4 Å². The Kier molecular flexibility index (Phi) is 5.92. The zero-order chi connectivity index (χ0) is 18.7. The summed E-state index contributed by atoms with van der Waals surface area (Å²) in [7, 11) is 0. The summed E-state index contributed by atoms with van der Waals surface area (Å²) < 4.78 is 43.8. The van der Waals surface area contributed by atoms with E-state index in [-0.39, 0.29) is 12.0 Å². The summed E-state index contributed by atoms with van der Waals surface area (Å²) in [6.45, 7) is 3.76. The van der Waals surface area contributed by atoms with Gasteiger partial charge in [0.2, 0.25) is 5.88 Å². The van der Waals surface area contributed by atoms with Gasteiger partial charge in [-0.15, -0.1) is 0 Å². The Balaban J connectivity index is 1.67. The van der Waals surface area contributed by atoms with Crippen LogP contribution in [0.2, 0.25) is 0 Å². The number of nitrogens with zero attached hydrogens (tertiary/aromatic N) is 1. The number of pyridine rings is 1. The van der Waals surface area contributed by atoms with E-state index >= 15 is 0 Å². The van der Waals surface area contributed by atoms with Gasteiger partial charge in [-0.25, -0.2) is 4.98 Å². The molecule has 0 bridgehead atoms. The Morgan fingerprint density at radius 1 is 1.35 bits per heavy atom. The molecule has 3 rings (SSSR count). The summed E-state index contributed by atoms with van der Waals surface area (Å²) >= 11 is 6.02. The molecule has 0 saturated carbocycles. The second-order valence-electron chi connectivity index (χ2n) is 6.87. The van der Waals surface area contributed by atoms with Gasteiger partial charge < -0.3 is 10.1 Å². The van der Waals surface area contributed by atoms with Crippen molar-refractivity contribution in [3.8, 4) is 5.88 Å². The van der Waals surface area contributed by atoms with Crippen molar-refractivity contribution in [2.24, 2.45) is 17.8 Å². The van der Waals surface area contributed by atoms with Crippen molar-refractivity contribution in [2.75, 3.05) is 13.1 Å². The molecule has 0 radical (unpaired) electrons. The molecule has 1 aliphatic carbocycles. The minimum atomic E-state index is -4.39. The van der Waals surface area contributed by atoms with Crippen LogP contribution < -0.4 is 10.1 Å². The van der Waals surface area contributed by atoms with Crippen molar-refractivity contribution in [2.45, 2.75) is 32.0 Å². The molecule has 1 aromatic rings. The SMILES string of the molecule is C[C@H](Oc1ccc(C(F)(F)F)cn1)[C@H]1CCNC[C@@H]1C1C=CC(Cl)=CC1. The summed E-state index contributed by atoms with van der Waals surface area (Å²) in [4.78, 5) is 3.83. The van der Waals surface area contributed by atoms with Crippen LogP contribution in [-0.2, 0) is 6.18 Å². The largest absolute Gasteiger partial charge is 0.474 e. The molecular formula is C19H22ClF3N2O. The van der Waals surface area contributed by atoms with E-state index < -0.39 is 11.7 Å². The number of ether oxygens (including phenoxy) is 1. The maximum Gasteiger partial charge on any atom is 0.417 e. The summed E-state index contributed by atoms with van der Waals surface area (Å²) in [5.74, 6) is 1.28. The summed E-state index contributed by atoms with van der Waals surface area (Å²) in [6.07, 6.45) is 4.25. The first-order valence-corrected chi connectivity index (χ1v) is 9.17. The Morgan fingerprint density at radius 2 is 2.15 bits per heavy atom. The maximum absolute atomic E-state index is 12.6. The monoisotopic (exact) mass is 386 g/mol. The van der Waals surface area contributed by atoms with Crippen molar-refractivity contribution >= 4 is 11.6 Å². The highest BCUT2D eigenvalue weighted by Crippen LogP contribution is 2.36. The van der Waals surface area contributed by atoms with Crippen LogP contribution in [0.3, 0.4) is 0 Å². The first kappa shape index (κ1) is 19.2. The highest BCUT2D eigenvalue weighted by atomic mass is 35.5. The molecule has 1 aliphatic heterocycles. The zero-order valence-electron chi connectivity index (χ0n) is 14.5. The van der Waals surface area contributed by atoms with Crippen molar-refractivity contribution in [3.63, 3.8) is 0 Å². The van der Waals surface area contributed by atoms with Crippen LogP contribution in [0.4, 0.5) is 13.2 Å². The molecule has 7 heteroatoms. The van der Waals surface area contributed by atoms with Crippen LogP contribution in [0, 0.1) is 17.8 Å². The summed E-state index contributed by atoms with van der Waals surface area (Å²) in [5.41, 5.74) is -0.770. The summed E-state index contributed by atoms with van der Waals surface area (Å²) in [6, 6.07) is 2.30. The van der Waals surface area contributed by atoms with Gasteiger partial charge in [-0.2, -0.15) is 13.2 Å². The lowest BCUT2D eigenvalue weighted by atomic mass is 9.73. The molecular weight excluding hydrogens is 365 g/mol. The van der Waals surface area contributed by atoms with Gasteiger partial charge in [-0.3, -0.25) is 0 Å². The number of alkyl halides is 3. The van der Waals surface area contributed by atoms with Crippen molar-refractivity contribution in [1.82, 2.24) is 10.3 Å². The molecule has 26 heavy (non-hydrogen) atoms. The molecule has 142 valence electrons. The quantitative estimate of drug-likeness (QED) is 0.807. The van der Waals surface area contributed by atoms with Crippen LogP contribution in [0.15, 0.2) is 41.6 Å². The molecule has 2 heterocycles. The Morgan fingerprint density at radius 3 is 2.77 bits per heavy atom. The van der Waals surface area contributed by atoms with E-state index in [1.807, 2.05) is 19.1 Å². The minimum absolute atomic E-state index is 0.138. The lowest BCUT2D eigenvalue weighted by Crippen LogP contribution is -2.45. The van der Waals surface area contributed by atoms with Gasteiger partial charge in [0.05, 0.1) is 5.56 Å². The van der Waals surface area contributed by atoms with Gasteiger partial charge in [0.1, 0.15) is 6.10 Å². The third-order valence-corrected chi connectivity index (χ3v) is 5.48. The van der Waals surface area contributed by atoms with Crippen molar-refractivity contribution in [3.05, 3.63) is 47.2 Å². The highest BCUT2D eigenvalue weighted by Gasteiger charge is 2.35. The fraction of sp³-hybridized carbons (Fsp3) is 0.526. The standard InChI is InChI=1S/C19H22ClF3N2O/c1-12(26-18-7-4-14(10-25-18)19(21,22)23)16-8-9-24-11-17(16)13-2-5-15(20)6-3-13/h2,4-7,10,12-13,16-17,24H,3,8-9,11H2,1H3/t12-,13?,16+,17+/m0/s1. The number of rotatable bonds is 4. The lowest BCUT2D eigenvalue weighted by molar-refractivity contribution is -0.137. The number of aromatic nitrogens is 1. The van der Waals surface area contributed by atoms with Gasteiger partial charge in [-0.05, 0) is 56.8 Å². The third kappa shape index (κ3) is 4.60. The van der Waals surface area contributed by atoms with Crippen LogP contribution in [-0.4, -0.2) is 24.2 Å². The predicted molar refractivity (Wildman–Crippen MR) is 95.0 cm³/mol. The second-order valence-corrected chi connectivity index (χ2v) is 7.31. The van der Waals surface area contributed by atoms with E-state index in [0.29, 0.717) is 17.8 Å². The highest BCUT2D eigenvalue weighted by molar-refractivity contribution is 6.31. The van der Waals surface area contributed by atoms with Crippen molar-refractivity contribution < 1.29 is 17.9 Å². The number of nitrogens with one attached hydrogen (secondary N) is 1. The van der Waals surface area contributed by atoms with Gasteiger partial charge in [0.25, 0.3) is 0 Å². The van der Waals surface area contributed by atoms with E-state index in [1.54, 1.807) is 0 Å². The smallest absolute Gasteiger partial charge is 0.417 e. The molecule has 1 saturated heterocycles. The van der Waals surface area contributed by atoms with Crippen LogP contribution in [0.5, 0.6) is 5.88 Å². The van der Waals surface area contributed by atoms with E-state index in [1.165, 1.54) is 6.07 Å². The van der Waals surface area contributed by atoms with Gasteiger partial charge in [0.15, 0.2) is 0 Å². The molecule has 0 amide bonds. The number of halogens is 4. The number of hydrogen-bond acceptors (Lipinski definition) is 3. The van der Waals surface area contributed by atoms with Crippen LogP contribution >= 0.6 is 11.6 Å². The topological polar surface area (TPSA) is 34.1 Å². The number of piperidine rings is 1. The minimum Gasteiger partial charge on any atom is -0.474 e. The van der Waals surface area contributed by atoms with E-state index in [4.69, 9.17) is 16.3 Å². The molecule has 1 unspecified atom stereocenters. The maximum atomic E-state index is 12.6. The van der Waals surface area contributed by atoms with E-state index in [9.17, 15) is 13.2 Å². The molecule has 0 aromatic carbocycles. The van der Waals surface area contributed by atoms with Gasteiger partial charge in [0, 0.05) is 23.2 Å². The zero-order valence-corrected chi connectivity index (χ0v) is 15.2. The Labute approximate surface area is 156 Å². The Hall–Kier alpha value is -1.53. The predicted octanol–water partition coefficient (Wildman–Crippen LogP) is 4.79. The molecule has 1 N–H and O–H groups in total. The molecule has 4 atom stereocenters. The molecule has 1 fully saturated rings. The van der Waals surface area contributed by atoms with Gasteiger partial charge >= 0.3 is 6.18 Å². The molecule has 0 spiro atoms. The molecule has 2 aliphatic rings. The average Bonchev–Trinajstić information content (AvgIpc) is 2.62. The first-order valence-electron chi connectivity index (χ1n) is 8.79. The van der Waals surface area contributed by atoms with Crippen LogP contribution in [0.1, 0.15) is 25.3 Å². The molecule has 3 nitrogen and oxygen atoms in total. The third-order valence-electron chi connectivity index (χ3n) is 5.20. The van der Waals surface area contributed by atoms with Crippen molar-refractivity contribution in [1.29, 1.82) is 0 Å². The van der Waals surface area contributed by atoms with E-state index in [0.717, 1.165) is 43.2 Å². The van der Waals surface area contributed by atoms with Crippen LogP contribution in [0.25, 0.3) is 0 Å². The fourth-order valence-electron chi connectivity index (χ4n) is 3.78. The first-order chi connectivity index (χ1) is 12.3.